The summed E-state index contributed by atoms with van der Waals surface area (Å²) in [5.41, 5.74) is 1.90. The molecule has 1 aliphatic rings. The van der Waals surface area contributed by atoms with Gasteiger partial charge in [0, 0.05) is 12.6 Å². The van der Waals surface area contributed by atoms with Gasteiger partial charge in [-0.3, -0.25) is 4.68 Å². The van der Waals surface area contributed by atoms with Gasteiger partial charge in [0.05, 0.1) is 29.1 Å². The molecule has 1 N–H and O–H groups in total. The minimum absolute atomic E-state index is 0.362. The van der Waals surface area contributed by atoms with E-state index in [9.17, 15) is 0 Å². The van der Waals surface area contributed by atoms with Crippen molar-refractivity contribution in [1.29, 1.82) is 0 Å². The summed E-state index contributed by atoms with van der Waals surface area (Å²) in [7, 11) is 2.04. The maximum Gasteiger partial charge on any atom is 0.0903 e. The van der Waals surface area contributed by atoms with Crippen molar-refractivity contribution in [2.75, 3.05) is 7.05 Å². The van der Waals surface area contributed by atoms with Gasteiger partial charge in [-0.15, -0.1) is 0 Å². The summed E-state index contributed by atoms with van der Waals surface area (Å²) in [5, 5.41) is 8.51. The van der Waals surface area contributed by atoms with Crippen molar-refractivity contribution in [2.45, 2.75) is 64.8 Å². The molecule has 108 valence electrons. The van der Waals surface area contributed by atoms with Crippen LogP contribution in [-0.2, 0) is 17.9 Å². The molecule has 4 nitrogen and oxygen atoms in total. The normalized spacial score (nSPS) is 23.8. The average molecular weight is 286 g/mol. The van der Waals surface area contributed by atoms with E-state index in [0.717, 1.165) is 35.8 Å². The lowest BCUT2D eigenvalue weighted by molar-refractivity contribution is 0.00876. The van der Waals surface area contributed by atoms with Crippen LogP contribution in [0, 0.1) is 6.92 Å². The fraction of sp³-hybridized carbons (Fsp3) is 0.786. The summed E-state index contributed by atoms with van der Waals surface area (Å²) in [6.07, 6.45) is 5.01. The number of nitrogens with zero attached hydrogens (tertiary/aromatic N) is 2. The Bertz CT molecular complexity index is 411. The molecule has 1 aliphatic carbocycles. The van der Waals surface area contributed by atoms with E-state index in [1.54, 1.807) is 0 Å². The third kappa shape index (κ3) is 3.50. The highest BCUT2D eigenvalue weighted by atomic mass is 35.5. The summed E-state index contributed by atoms with van der Waals surface area (Å²) < 4.78 is 7.97. The Labute approximate surface area is 120 Å². The smallest absolute Gasteiger partial charge is 0.0903 e. The molecule has 0 unspecified atom stereocenters. The number of hydrogen-bond donors (Lipinski definition) is 1. The van der Waals surface area contributed by atoms with Crippen molar-refractivity contribution in [3.05, 3.63) is 16.4 Å². The second kappa shape index (κ2) is 6.73. The predicted octanol–water partition coefficient (Wildman–Crippen LogP) is 2.91. The molecule has 0 radical (unpaired) electrons. The number of rotatable bonds is 5. The van der Waals surface area contributed by atoms with Gasteiger partial charge in [0.25, 0.3) is 0 Å². The Kier molecular flexibility index (Phi) is 5.25. The van der Waals surface area contributed by atoms with Crippen LogP contribution in [0.2, 0.25) is 5.02 Å². The van der Waals surface area contributed by atoms with Gasteiger partial charge < -0.3 is 10.1 Å². The lowest BCUT2D eigenvalue weighted by Crippen LogP contribution is -2.33. The molecule has 0 spiro atoms. The SMILES string of the molecule is CCn1nc(C)c(Cl)c1COC1CCC(NC)CC1. The van der Waals surface area contributed by atoms with E-state index in [1.165, 1.54) is 12.8 Å². The topological polar surface area (TPSA) is 39.1 Å². The lowest BCUT2D eigenvalue weighted by Gasteiger charge is -2.28. The number of aryl methyl sites for hydroxylation is 2. The Morgan fingerprint density at radius 3 is 2.63 bits per heavy atom. The van der Waals surface area contributed by atoms with Gasteiger partial charge in [-0.2, -0.15) is 5.10 Å². The van der Waals surface area contributed by atoms with E-state index in [2.05, 4.69) is 17.3 Å². The Morgan fingerprint density at radius 2 is 2.05 bits per heavy atom. The summed E-state index contributed by atoms with van der Waals surface area (Å²) >= 11 is 6.28. The van der Waals surface area contributed by atoms with E-state index in [0.29, 0.717) is 18.8 Å². The maximum absolute atomic E-state index is 6.28. The fourth-order valence-electron chi connectivity index (χ4n) is 2.72. The van der Waals surface area contributed by atoms with Gasteiger partial charge in [-0.1, -0.05) is 11.6 Å². The molecule has 5 heteroatoms. The van der Waals surface area contributed by atoms with Crippen LogP contribution >= 0.6 is 11.6 Å². The molecule has 1 heterocycles. The Balaban J connectivity index is 1.89. The van der Waals surface area contributed by atoms with Crippen LogP contribution in [0.25, 0.3) is 0 Å². The first-order chi connectivity index (χ1) is 9.15. The zero-order chi connectivity index (χ0) is 13.8. The van der Waals surface area contributed by atoms with Crippen molar-refractivity contribution in [1.82, 2.24) is 15.1 Å². The summed E-state index contributed by atoms with van der Waals surface area (Å²) in [4.78, 5) is 0. The first-order valence-corrected chi connectivity index (χ1v) is 7.54. The summed E-state index contributed by atoms with van der Waals surface area (Å²) in [5.74, 6) is 0. The largest absolute Gasteiger partial charge is 0.372 e. The van der Waals surface area contributed by atoms with Crippen LogP contribution in [0.3, 0.4) is 0 Å². The number of aromatic nitrogens is 2. The molecular weight excluding hydrogens is 262 g/mol. The van der Waals surface area contributed by atoms with Crippen molar-refractivity contribution in [2.24, 2.45) is 0 Å². The molecule has 0 aliphatic heterocycles. The third-order valence-electron chi connectivity index (χ3n) is 3.99. The van der Waals surface area contributed by atoms with Crippen molar-refractivity contribution < 1.29 is 4.74 Å². The van der Waals surface area contributed by atoms with Gasteiger partial charge in [0.1, 0.15) is 0 Å². The fourth-order valence-corrected chi connectivity index (χ4v) is 2.91. The molecular formula is C14H24ClN3O. The lowest BCUT2D eigenvalue weighted by atomic mass is 9.93. The zero-order valence-corrected chi connectivity index (χ0v) is 12.8. The van der Waals surface area contributed by atoms with E-state index < -0.39 is 0 Å². The third-order valence-corrected chi connectivity index (χ3v) is 4.48. The number of ether oxygens (including phenoxy) is 1. The van der Waals surface area contributed by atoms with Crippen LogP contribution in [0.5, 0.6) is 0 Å². The van der Waals surface area contributed by atoms with Gasteiger partial charge in [-0.25, -0.2) is 0 Å². The molecule has 0 bridgehead atoms. The molecule has 1 fully saturated rings. The molecule has 0 saturated heterocycles. The van der Waals surface area contributed by atoms with Gasteiger partial charge in [0.15, 0.2) is 0 Å². The second-order valence-electron chi connectivity index (χ2n) is 5.24. The first-order valence-electron chi connectivity index (χ1n) is 7.16. The molecule has 1 saturated carbocycles. The minimum atomic E-state index is 0.362. The summed E-state index contributed by atoms with van der Waals surface area (Å²) in [6, 6.07) is 0.659. The molecule has 0 aromatic carbocycles. The Morgan fingerprint density at radius 1 is 1.37 bits per heavy atom. The van der Waals surface area contributed by atoms with E-state index in [4.69, 9.17) is 16.3 Å². The minimum Gasteiger partial charge on any atom is -0.372 e. The predicted molar refractivity (Wildman–Crippen MR) is 77.5 cm³/mol. The van der Waals surface area contributed by atoms with E-state index >= 15 is 0 Å². The number of nitrogens with one attached hydrogen (secondary N) is 1. The quantitative estimate of drug-likeness (QED) is 0.904. The molecule has 0 atom stereocenters. The maximum atomic E-state index is 6.28. The molecule has 1 aromatic heterocycles. The standard InChI is InChI=1S/C14H24ClN3O/c1-4-18-13(14(15)10(2)17-18)9-19-12-7-5-11(16-3)6-8-12/h11-12,16H,4-9H2,1-3H3. The highest BCUT2D eigenvalue weighted by Crippen LogP contribution is 2.25. The van der Waals surface area contributed by atoms with Crippen LogP contribution in [0.15, 0.2) is 0 Å². The van der Waals surface area contributed by atoms with Crippen LogP contribution in [0.4, 0.5) is 0 Å². The summed E-state index contributed by atoms with van der Waals surface area (Å²) in [6.45, 7) is 5.42. The van der Waals surface area contributed by atoms with Gasteiger partial charge in [0.2, 0.25) is 0 Å². The van der Waals surface area contributed by atoms with Crippen LogP contribution in [0.1, 0.15) is 44.0 Å². The molecule has 0 amide bonds. The molecule has 2 rings (SSSR count). The molecule has 19 heavy (non-hydrogen) atoms. The van der Waals surface area contributed by atoms with Gasteiger partial charge in [-0.05, 0) is 46.6 Å². The van der Waals surface area contributed by atoms with Crippen LogP contribution in [-0.4, -0.2) is 29.0 Å². The zero-order valence-electron chi connectivity index (χ0n) is 12.1. The first kappa shape index (κ1) is 14.8. The highest BCUT2D eigenvalue weighted by Gasteiger charge is 2.21. The van der Waals surface area contributed by atoms with E-state index in [1.807, 2.05) is 18.7 Å². The van der Waals surface area contributed by atoms with Gasteiger partial charge >= 0.3 is 0 Å². The molecule has 1 aromatic rings. The highest BCUT2D eigenvalue weighted by molar-refractivity contribution is 6.31. The van der Waals surface area contributed by atoms with Crippen LogP contribution < -0.4 is 5.32 Å². The number of halogens is 1. The van der Waals surface area contributed by atoms with E-state index in [-0.39, 0.29) is 0 Å². The van der Waals surface area contributed by atoms with Crippen molar-refractivity contribution >= 4 is 11.6 Å². The Hall–Kier alpha value is -0.580. The van der Waals surface area contributed by atoms with Crippen molar-refractivity contribution in [3.8, 4) is 0 Å². The number of hydrogen-bond acceptors (Lipinski definition) is 3. The monoisotopic (exact) mass is 285 g/mol. The second-order valence-corrected chi connectivity index (χ2v) is 5.61. The average Bonchev–Trinajstić information content (AvgIpc) is 2.72. The van der Waals surface area contributed by atoms with Crippen molar-refractivity contribution in [3.63, 3.8) is 0 Å².